The Hall–Kier alpha value is -0.770. The SMILES string of the molecule is CCC(CC)CNC(=O)N(CC)CC(C)(C)O. The second-order valence-electron chi connectivity index (χ2n) is 5.20. The number of likely N-dealkylation sites (N-methyl/N-ethyl adjacent to an activating group) is 1. The van der Waals surface area contributed by atoms with E-state index < -0.39 is 5.60 Å². The Morgan fingerprint density at radius 1 is 1.29 bits per heavy atom. The maximum Gasteiger partial charge on any atom is 0.317 e. The number of carbonyl (C=O) groups excluding carboxylic acids is 1. The van der Waals surface area contributed by atoms with E-state index in [-0.39, 0.29) is 6.03 Å². The fraction of sp³-hybridized carbons (Fsp3) is 0.923. The van der Waals surface area contributed by atoms with Crippen LogP contribution in [0.25, 0.3) is 0 Å². The van der Waals surface area contributed by atoms with Crippen LogP contribution in [0.1, 0.15) is 47.5 Å². The molecule has 0 rings (SSSR count). The first-order chi connectivity index (χ1) is 7.84. The zero-order valence-corrected chi connectivity index (χ0v) is 11.9. The molecule has 0 atom stereocenters. The van der Waals surface area contributed by atoms with Crippen molar-refractivity contribution >= 4 is 6.03 Å². The van der Waals surface area contributed by atoms with Crippen molar-refractivity contribution in [2.75, 3.05) is 19.6 Å². The molecule has 0 bridgehead atoms. The highest BCUT2D eigenvalue weighted by molar-refractivity contribution is 5.74. The summed E-state index contributed by atoms with van der Waals surface area (Å²) in [6.07, 6.45) is 2.16. The Morgan fingerprint density at radius 3 is 2.18 bits per heavy atom. The van der Waals surface area contributed by atoms with Gasteiger partial charge in [-0.3, -0.25) is 0 Å². The molecule has 0 aromatic carbocycles. The summed E-state index contributed by atoms with van der Waals surface area (Å²) in [6.45, 7) is 11.3. The van der Waals surface area contributed by atoms with Crippen LogP contribution in [0, 0.1) is 5.92 Å². The third kappa shape index (κ3) is 7.21. The molecule has 2 amide bonds. The Balaban J connectivity index is 4.17. The van der Waals surface area contributed by atoms with Gasteiger partial charge in [0.1, 0.15) is 0 Å². The van der Waals surface area contributed by atoms with E-state index >= 15 is 0 Å². The lowest BCUT2D eigenvalue weighted by Crippen LogP contribution is -2.47. The summed E-state index contributed by atoms with van der Waals surface area (Å²) in [5.41, 5.74) is -0.845. The Kier molecular flexibility index (Phi) is 7.19. The third-order valence-corrected chi connectivity index (χ3v) is 2.94. The van der Waals surface area contributed by atoms with Gasteiger partial charge in [0, 0.05) is 13.1 Å². The molecule has 0 unspecified atom stereocenters. The van der Waals surface area contributed by atoms with Crippen LogP contribution in [0.3, 0.4) is 0 Å². The van der Waals surface area contributed by atoms with Crippen molar-refractivity contribution < 1.29 is 9.90 Å². The first-order valence-corrected chi connectivity index (χ1v) is 6.59. The summed E-state index contributed by atoms with van der Waals surface area (Å²) in [5, 5.41) is 12.7. The van der Waals surface area contributed by atoms with E-state index in [4.69, 9.17) is 0 Å². The highest BCUT2D eigenvalue weighted by atomic mass is 16.3. The van der Waals surface area contributed by atoms with Crippen LogP contribution in [0.5, 0.6) is 0 Å². The fourth-order valence-electron chi connectivity index (χ4n) is 1.72. The fourth-order valence-corrected chi connectivity index (χ4v) is 1.72. The van der Waals surface area contributed by atoms with Gasteiger partial charge >= 0.3 is 6.03 Å². The standard InChI is InChI=1S/C13H28N2O2/c1-6-11(7-2)9-14-12(16)15(8-3)10-13(4,5)17/h11,17H,6-10H2,1-5H3,(H,14,16). The van der Waals surface area contributed by atoms with Gasteiger partial charge in [0.15, 0.2) is 0 Å². The summed E-state index contributed by atoms with van der Waals surface area (Å²) in [6, 6.07) is -0.0819. The van der Waals surface area contributed by atoms with E-state index in [1.165, 1.54) is 0 Å². The summed E-state index contributed by atoms with van der Waals surface area (Å²) < 4.78 is 0. The minimum atomic E-state index is -0.845. The zero-order chi connectivity index (χ0) is 13.5. The van der Waals surface area contributed by atoms with E-state index in [9.17, 15) is 9.90 Å². The first kappa shape index (κ1) is 16.2. The highest BCUT2D eigenvalue weighted by Crippen LogP contribution is 2.07. The molecule has 0 spiro atoms. The maximum absolute atomic E-state index is 11.9. The van der Waals surface area contributed by atoms with Gasteiger partial charge in [-0.1, -0.05) is 26.7 Å². The van der Waals surface area contributed by atoms with Gasteiger partial charge in [0.2, 0.25) is 0 Å². The van der Waals surface area contributed by atoms with Crippen LogP contribution in [0.2, 0.25) is 0 Å². The monoisotopic (exact) mass is 244 g/mol. The number of hydrogen-bond acceptors (Lipinski definition) is 2. The average molecular weight is 244 g/mol. The number of hydrogen-bond donors (Lipinski definition) is 2. The topological polar surface area (TPSA) is 52.6 Å². The third-order valence-electron chi connectivity index (χ3n) is 2.94. The number of aliphatic hydroxyl groups is 1. The number of carbonyl (C=O) groups is 1. The lowest BCUT2D eigenvalue weighted by molar-refractivity contribution is 0.0479. The summed E-state index contributed by atoms with van der Waals surface area (Å²) in [5.74, 6) is 0.541. The smallest absolute Gasteiger partial charge is 0.317 e. The molecule has 102 valence electrons. The molecule has 0 aliphatic rings. The van der Waals surface area contributed by atoms with E-state index in [0.717, 1.165) is 12.8 Å². The minimum absolute atomic E-state index is 0.0819. The van der Waals surface area contributed by atoms with Crippen LogP contribution in [0.15, 0.2) is 0 Å². The normalized spacial score (nSPS) is 11.7. The molecule has 4 nitrogen and oxygen atoms in total. The molecule has 2 N–H and O–H groups in total. The van der Waals surface area contributed by atoms with Crippen molar-refractivity contribution in [1.82, 2.24) is 10.2 Å². The molecule has 0 aliphatic heterocycles. The quantitative estimate of drug-likeness (QED) is 0.721. The zero-order valence-electron chi connectivity index (χ0n) is 11.9. The molecule has 0 saturated heterocycles. The number of rotatable bonds is 7. The molecule has 0 aromatic rings. The van der Waals surface area contributed by atoms with E-state index in [0.29, 0.717) is 25.6 Å². The van der Waals surface area contributed by atoms with Crippen LogP contribution in [0.4, 0.5) is 4.79 Å². The van der Waals surface area contributed by atoms with Gasteiger partial charge < -0.3 is 15.3 Å². The van der Waals surface area contributed by atoms with Crippen LogP contribution in [-0.2, 0) is 0 Å². The van der Waals surface area contributed by atoms with Crippen LogP contribution >= 0.6 is 0 Å². The van der Waals surface area contributed by atoms with Gasteiger partial charge in [0.05, 0.1) is 12.1 Å². The van der Waals surface area contributed by atoms with Crippen molar-refractivity contribution in [2.45, 2.75) is 53.1 Å². The van der Waals surface area contributed by atoms with Gasteiger partial charge in [-0.2, -0.15) is 0 Å². The number of urea groups is 1. The molecule has 0 radical (unpaired) electrons. The predicted molar refractivity (Wildman–Crippen MR) is 71.0 cm³/mol. The highest BCUT2D eigenvalue weighted by Gasteiger charge is 2.21. The van der Waals surface area contributed by atoms with Crippen LogP contribution < -0.4 is 5.32 Å². The van der Waals surface area contributed by atoms with E-state index in [2.05, 4.69) is 19.2 Å². The maximum atomic E-state index is 11.9. The Morgan fingerprint density at radius 2 is 1.82 bits per heavy atom. The van der Waals surface area contributed by atoms with Crippen molar-refractivity contribution in [3.05, 3.63) is 0 Å². The van der Waals surface area contributed by atoms with E-state index in [1.54, 1.807) is 18.7 Å². The van der Waals surface area contributed by atoms with Gasteiger partial charge in [-0.05, 0) is 26.7 Å². The van der Waals surface area contributed by atoms with Crippen molar-refractivity contribution in [1.29, 1.82) is 0 Å². The minimum Gasteiger partial charge on any atom is -0.389 e. The summed E-state index contributed by atoms with van der Waals surface area (Å²) >= 11 is 0. The van der Waals surface area contributed by atoms with Gasteiger partial charge in [-0.15, -0.1) is 0 Å². The summed E-state index contributed by atoms with van der Waals surface area (Å²) in [7, 11) is 0. The molecule has 0 aliphatic carbocycles. The molecule has 17 heavy (non-hydrogen) atoms. The van der Waals surface area contributed by atoms with Crippen molar-refractivity contribution in [2.24, 2.45) is 5.92 Å². The molecule has 0 saturated carbocycles. The van der Waals surface area contributed by atoms with Gasteiger partial charge in [-0.25, -0.2) is 4.79 Å². The predicted octanol–water partition coefficient (Wildman–Crippen LogP) is 2.23. The van der Waals surface area contributed by atoms with Crippen LogP contribution in [-0.4, -0.2) is 41.3 Å². The summed E-state index contributed by atoms with van der Waals surface area (Å²) in [4.78, 5) is 13.5. The van der Waals surface area contributed by atoms with Gasteiger partial charge in [0.25, 0.3) is 0 Å². The number of amides is 2. The molecular weight excluding hydrogens is 216 g/mol. The largest absolute Gasteiger partial charge is 0.389 e. The second kappa shape index (κ2) is 7.54. The lowest BCUT2D eigenvalue weighted by atomic mass is 10.0. The Bertz CT molecular complexity index is 220. The number of nitrogens with zero attached hydrogens (tertiary/aromatic N) is 1. The first-order valence-electron chi connectivity index (χ1n) is 6.59. The molecule has 0 heterocycles. The van der Waals surface area contributed by atoms with Crippen molar-refractivity contribution in [3.63, 3.8) is 0 Å². The molecule has 0 aromatic heterocycles. The Labute approximate surface area is 105 Å². The molecule has 0 fully saturated rings. The number of nitrogens with one attached hydrogen (secondary N) is 1. The lowest BCUT2D eigenvalue weighted by Gasteiger charge is -2.28. The van der Waals surface area contributed by atoms with Crippen molar-refractivity contribution in [3.8, 4) is 0 Å². The molecular formula is C13H28N2O2. The molecule has 4 heteroatoms. The van der Waals surface area contributed by atoms with E-state index in [1.807, 2.05) is 6.92 Å². The second-order valence-corrected chi connectivity index (χ2v) is 5.20. The average Bonchev–Trinajstić information content (AvgIpc) is 2.25.